The Kier molecular flexibility index (Phi) is 3.01. The summed E-state index contributed by atoms with van der Waals surface area (Å²) in [6, 6.07) is 3.75. The Morgan fingerprint density at radius 3 is 3.06 bits per heavy atom. The lowest BCUT2D eigenvalue weighted by Crippen LogP contribution is -2.46. The van der Waals surface area contributed by atoms with E-state index in [-0.39, 0.29) is 0 Å². The molecular formula is C12H18N2O2. The molecule has 1 aliphatic heterocycles. The summed E-state index contributed by atoms with van der Waals surface area (Å²) in [4.78, 5) is 6.41. The quantitative estimate of drug-likeness (QED) is 0.822. The van der Waals surface area contributed by atoms with Gasteiger partial charge in [-0.2, -0.15) is 0 Å². The van der Waals surface area contributed by atoms with Crippen LogP contribution in [0.4, 0.5) is 5.82 Å². The van der Waals surface area contributed by atoms with Gasteiger partial charge in [0.05, 0.1) is 12.7 Å². The number of ether oxygens (including phenoxy) is 1. The minimum Gasteiger partial charge on any atom is -0.493 e. The van der Waals surface area contributed by atoms with Crippen molar-refractivity contribution >= 4 is 5.82 Å². The normalized spacial score (nSPS) is 25.6. The Bertz CT molecular complexity index is 366. The number of hydrogen-bond acceptors (Lipinski definition) is 4. The van der Waals surface area contributed by atoms with Crippen LogP contribution in [0.2, 0.25) is 0 Å². The zero-order valence-electron chi connectivity index (χ0n) is 9.81. The number of aliphatic hydroxyl groups is 1. The number of methoxy groups -OCH3 is 1. The maximum atomic E-state index is 10.1. The average Bonchev–Trinajstić information content (AvgIpc) is 2.27. The third kappa shape index (κ3) is 2.27. The van der Waals surface area contributed by atoms with Gasteiger partial charge in [-0.3, -0.25) is 0 Å². The van der Waals surface area contributed by atoms with Crippen molar-refractivity contribution in [2.24, 2.45) is 0 Å². The van der Waals surface area contributed by atoms with Crippen molar-refractivity contribution in [1.82, 2.24) is 4.98 Å². The first-order valence-corrected chi connectivity index (χ1v) is 5.59. The lowest BCUT2D eigenvalue weighted by Gasteiger charge is -2.37. The minimum absolute atomic E-state index is 0.611. The molecular weight excluding hydrogens is 204 g/mol. The van der Waals surface area contributed by atoms with Crippen molar-refractivity contribution in [3.05, 3.63) is 18.3 Å². The molecule has 1 N–H and O–H groups in total. The molecule has 0 radical (unpaired) electrons. The van der Waals surface area contributed by atoms with Crippen LogP contribution in [0.3, 0.4) is 0 Å². The maximum absolute atomic E-state index is 10.1. The largest absolute Gasteiger partial charge is 0.493 e. The van der Waals surface area contributed by atoms with Crippen LogP contribution < -0.4 is 9.64 Å². The van der Waals surface area contributed by atoms with Crippen LogP contribution in [0.25, 0.3) is 0 Å². The minimum atomic E-state index is -0.624. The molecule has 4 heteroatoms. The molecule has 1 fully saturated rings. The fraction of sp³-hybridized carbons (Fsp3) is 0.583. The summed E-state index contributed by atoms with van der Waals surface area (Å²) in [6.45, 7) is 3.40. The molecule has 1 aromatic rings. The number of hydrogen-bond donors (Lipinski definition) is 1. The molecule has 2 heterocycles. The van der Waals surface area contributed by atoms with E-state index in [0.29, 0.717) is 6.54 Å². The first-order valence-electron chi connectivity index (χ1n) is 5.59. The molecule has 88 valence electrons. The van der Waals surface area contributed by atoms with Crippen LogP contribution in [-0.4, -0.2) is 35.9 Å². The molecule has 4 nitrogen and oxygen atoms in total. The molecule has 0 aliphatic carbocycles. The van der Waals surface area contributed by atoms with E-state index >= 15 is 0 Å². The summed E-state index contributed by atoms with van der Waals surface area (Å²) in [5.74, 6) is 1.59. The van der Waals surface area contributed by atoms with Crippen LogP contribution in [0.5, 0.6) is 5.75 Å². The fourth-order valence-electron chi connectivity index (χ4n) is 2.18. The summed E-state index contributed by atoms with van der Waals surface area (Å²) < 4.78 is 5.28. The smallest absolute Gasteiger partial charge is 0.171 e. The summed E-state index contributed by atoms with van der Waals surface area (Å²) in [5, 5.41) is 10.1. The molecule has 1 unspecified atom stereocenters. The predicted octanol–water partition coefficient (Wildman–Crippen LogP) is 1.44. The van der Waals surface area contributed by atoms with E-state index in [1.54, 1.807) is 13.3 Å². The Morgan fingerprint density at radius 2 is 2.38 bits per heavy atom. The highest BCUT2D eigenvalue weighted by molar-refractivity contribution is 5.52. The highest BCUT2D eigenvalue weighted by Gasteiger charge is 2.30. The van der Waals surface area contributed by atoms with Crippen LogP contribution in [0.15, 0.2) is 18.3 Å². The molecule has 16 heavy (non-hydrogen) atoms. The van der Waals surface area contributed by atoms with Gasteiger partial charge in [0.2, 0.25) is 0 Å². The Balaban J connectivity index is 2.23. The van der Waals surface area contributed by atoms with E-state index in [1.165, 1.54) is 0 Å². The van der Waals surface area contributed by atoms with Gasteiger partial charge in [-0.1, -0.05) is 0 Å². The summed E-state index contributed by atoms with van der Waals surface area (Å²) >= 11 is 0. The van der Waals surface area contributed by atoms with Crippen molar-refractivity contribution in [3.63, 3.8) is 0 Å². The van der Waals surface area contributed by atoms with Crippen molar-refractivity contribution in [3.8, 4) is 5.75 Å². The van der Waals surface area contributed by atoms with Crippen molar-refractivity contribution < 1.29 is 9.84 Å². The zero-order chi connectivity index (χ0) is 11.6. The lowest BCUT2D eigenvalue weighted by atomic mass is 9.95. The molecule has 2 rings (SSSR count). The van der Waals surface area contributed by atoms with Crippen molar-refractivity contribution in [2.45, 2.75) is 25.4 Å². The maximum Gasteiger partial charge on any atom is 0.171 e. The number of β-amino-alcohol motifs (C(OH)–C–C–N with tert-alkyl or cyclic N) is 1. The molecule has 0 bridgehead atoms. The molecule has 1 aromatic heterocycles. The molecule has 0 spiro atoms. The number of rotatable bonds is 2. The Hall–Kier alpha value is -1.29. The number of anilines is 1. The zero-order valence-corrected chi connectivity index (χ0v) is 9.81. The van der Waals surface area contributed by atoms with E-state index in [4.69, 9.17) is 4.74 Å². The van der Waals surface area contributed by atoms with Gasteiger partial charge < -0.3 is 14.7 Å². The summed E-state index contributed by atoms with van der Waals surface area (Å²) in [5.41, 5.74) is -0.624. The van der Waals surface area contributed by atoms with Crippen molar-refractivity contribution in [2.75, 3.05) is 25.1 Å². The molecule has 0 aromatic carbocycles. The monoisotopic (exact) mass is 222 g/mol. The number of nitrogens with zero attached hydrogens (tertiary/aromatic N) is 2. The average molecular weight is 222 g/mol. The second kappa shape index (κ2) is 4.29. The summed E-state index contributed by atoms with van der Waals surface area (Å²) in [6.07, 6.45) is 3.58. The second-order valence-corrected chi connectivity index (χ2v) is 4.55. The van der Waals surface area contributed by atoms with Gasteiger partial charge in [0.1, 0.15) is 0 Å². The number of aromatic nitrogens is 1. The van der Waals surface area contributed by atoms with E-state index in [1.807, 2.05) is 19.1 Å². The number of piperidine rings is 1. The predicted molar refractivity (Wildman–Crippen MR) is 62.9 cm³/mol. The van der Waals surface area contributed by atoms with Gasteiger partial charge in [0.25, 0.3) is 0 Å². The molecule has 1 saturated heterocycles. The van der Waals surface area contributed by atoms with Gasteiger partial charge >= 0.3 is 0 Å². The Morgan fingerprint density at radius 1 is 1.56 bits per heavy atom. The second-order valence-electron chi connectivity index (χ2n) is 4.55. The van der Waals surface area contributed by atoms with Gasteiger partial charge in [0.15, 0.2) is 11.6 Å². The van der Waals surface area contributed by atoms with Crippen LogP contribution in [0.1, 0.15) is 19.8 Å². The highest BCUT2D eigenvalue weighted by Crippen LogP contribution is 2.30. The van der Waals surface area contributed by atoms with Crippen molar-refractivity contribution in [1.29, 1.82) is 0 Å². The first-order chi connectivity index (χ1) is 7.62. The first kappa shape index (κ1) is 11.2. The van der Waals surface area contributed by atoms with E-state index in [9.17, 15) is 5.11 Å². The number of pyridine rings is 1. The van der Waals surface area contributed by atoms with Gasteiger partial charge in [-0.05, 0) is 31.9 Å². The third-order valence-corrected chi connectivity index (χ3v) is 2.95. The highest BCUT2D eigenvalue weighted by atomic mass is 16.5. The lowest BCUT2D eigenvalue weighted by molar-refractivity contribution is 0.0446. The van der Waals surface area contributed by atoms with Gasteiger partial charge in [0, 0.05) is 19.3 Å². The van der Waals surface area contributed by atoms with E-state index in [0.717, 1.165) is 31.0 Å². The van der Waals surface area contributed by atoms with Crippen LogP contribution in [-0.2, 0) is 0 Å². The van der Waals surface area contributed by atoms with Gasteiger partial charge in [-0.15, -0.1) is 0 Å². The standard InChI is InChI=1S/C12H18N2O2/c1-12(15)6-4-8-14(9-12)11-10(16-2)5-3-7-13-11/h3,5,7,15H,4,6,8-9H2,1-2H3. The van der Waals surface area contributed by atoms with E-state index in [2.05, 4.69) is 9.88 Å². The third-order valence-electron chi connectivity index (χ3n) is 2.95. The fourth-order valence-corrected chi connectivity index (χ4v) is 2.18. The van der Waals surface area contributed by atoms with E-state index < -0.39 is 5.60 Å². The Labute approximate surface area is 95.9 Å². The molecule has 1 atom stereocenters. The van der Waals surface area contributed by atoms with Crippen LogP contribution in [0, 0.1) is 0 Å². The van der Waals surface area contributed by atoms with Gasteiger partial charge in [-0.25, -0.2) is 4.98 Å². The van der Waals surface area contributed by atoms with Crippen LogP contribution >= 0.6 is 0 Å². The topological polar surface area (TPSA) is 45.6 Å². The molecule has 1 aliphatic rings. The molecule has 0 saturated carbocycles. The SMILES string of the molecule is COc1cccnc1N1CCCC(C)(O)C1. The summed E-state index contributed by atoms with van der Waals surface area (Å²) in [7, 11) is 1.64. The molecule has 0 amide bonds.